The van der Waals surface area contributed by atoms with Gasteiger partial charge in [0.2, 0.25) is 0 Å². The number of hydrogen-bond acceptors (Lipinski definition) is 6. The molecule has 0 aliphatic carbocycles. The van der Waals surface area contributed by atoms with Crippen LogP contribution >= 0.6 is 0 Å². The highest BCUT2D eigenvalue weighted by Gasteiger charge is 2.19. The van der Waals surface area contributed by atoms with E-state index in [1.165, 1.54) is 193 Å². The van der Waals surface area contributed by atoms with Gasteiger partial charge in [-0.2, -0.15) is 0 Å². The van der Waals surface area contributed by atoms with Gasteiger partial charge >= 0.3 is 17.9 Å². The molecule has 0 amide bonds. The van der Waals surface area contributed by atoms with Crippen LogP contribution in [0.25, 0.3) is 0 Å². The summed E-state index contributed by atoms with van der Waals surface area (Å²) >= 11 is 0. The standard InChI is InChI=1S/C76H132O6/c1-4-7-10-13-16-19-22-25-28-30-31-32-33-34-35-36-37-38-39-40-41-42-43-44-45-47-48-51-54-57-60-63-66-69-75(78)81-72-73(71-80-74(77)68-65-62-59-56-53-50-27-24-21-18-15-12-9-6-3)82-76(79)70-67-64-61-58-55-52-49-46-29-26-23-20-17-14-11-8-5-2/h7-8,10-11,16-17,19-20,25-26,28-29,31-32,34-35,73H,4-6,9,12-15,18,21-24,27,30,33,36-72H2,1-3H3/b10-7-,11-8-,19-16-,20-17-,28-25-,29-26-,32-31-,35-34-. The van der Waals surface area contributed by atoms with Crippen molar-refractivity contribution >= 4 is 17.9 Å². The minimum absolute atomic E-state index is 0.0761. The highest BCUT2D eigenvalue weighted by atomic mass is 16.6. The van der Waals surface area contributed by atoms with E-state index in [-0.39, 0.29) is 31.1 Å². The number of hydrogen-bond donors (Lipinski definition) is 0. The Balaban J connectivity index is 4.18. The first-order valence-electron chi connectivity index (χ1n) is 35.2. The Labute approximate surface area is 508 Å². The lowest BCUT2D eigenvalue weighted by molar-refractivity contribution is -0.167. The summed E-state index contributed by atoms with van der Waals surface area (Å²) in [6.07, 6.45) is 94.4. The lowest BCUT2D eigenvalue weighted by atomic mass is 10.0. The summed E-state index contributed by atoms with van der Waals surface area (Å²) in [5.74, 6) is -0.867. The van der Waals surface area contributed by atoms with Crippen molar-refractivity contribution in [1.82, 2.24) is 0 Å². The summed E-state index contributed by atoms with van der Waals surface area (Å²) in [7, 11) is 0. The molecule has 0 heterocycles. The zero-order chi connectivity index (χ0) is 59.2. The molecule has 0 N–H and O–H groups in total. The maximum absolute atomic E-state index is 12.9. The van der Waals surface area contributed by atoms with E-state index in [0.717, 1.165) is 116 Å². The lowest BCUT2D eigenvalue weighted by Crippen LogP contribution is -2.30. The van der Waals surface area contributed by atoms with Crippen molar-refractivity contribution in [2.24, 2.45) is 0 Å². The van der Waals surface area contributed by atoms with Gasteiger partial charge in [-0.3, -0.25) is 14.4 Å². The lowest BCUT2D eigenvalue weighted by Gasteiger charge is -2.18. The first kappa shape index (κ1) is 78.3. The first-order valence-corrected chi connectivity index (χ1v) is 35.2. The molecule has 82 heavy (non-hydrogen) atoms. The van der Waals surface area contributed by atoms with Gasteiger partial charge in [0.15, 0.2) is 6.10 Å². The second-order valence-electron chi connectivity index (χ2n) is 23.4. The molecule has 472 valence electrons. The summed E-state index contributed by atoms with van der Waals surface area (Å²) in [4.78, 5) is 38.4. The van der Waals surface area contributed by atoms with E-state index in [1.54, 1.807) is 0 Å². The fourth-order valence-electron chi connectivity index (χ4n) is 10.1. The maximum atomic E-state index is 12.9. The molecule has 0 aromatic rings. The molecule has 0 rings (SSSR count). The van der Waals surface area contributed by atoms with Crippen molar-refractivity contribution in [3.05, 3.63) is 97.2 Å². The van der Waals surface area contributed by atoms with Gasteiger partial charge in [0.1, 0.15) is 13.2 Å². The van der Waals surface area contributed by atoms with Gasteiger partial charge in [-0.15, -0.1) is 0 Å². The van der Waals surface area contributed by atoms with Gasteiger partial charge in [0.05, 0.1) is 0 Å². The van der Waals surface area contributed by atoms with Gasteiger partial charge in [-0.1, -0.05) is 330 Å². The average Bonchev–Trinajstić information content (AvgIpc) is 3.47. The molecule has 6 nitrogen and oxygen atoms in total. The molecular formula is C76H132O6. The van der Waals surface area contributed by atoms with Crippen LogP contribution in [0.1, 0.15) is 348 Å². The average molecular weight is 1140 g/mol. The number of unbranched alkanes of at least 4 members (excludes halogenated alkanes) is 37. The number of allylic oxidation sites excluding steroid dienone is 16. The zero-order valence-electron chi connectivity index (χ0n) is 54.2. The van der Waals surface area contributed by atoms with Crippen LogP contribution in [0.3, 0.4) is 0 Å². The Morgan fingerprint density at radius 1 is 0.256 bits per heavy atom. The molecule has 6 heteroatoms. The third-order valence-electron chi connectivity index (χ3n) is 15.3. The van der Waals surface area contributed by atoms with E-state index in [9.17, 15) is 14.4 Å². The van der Waals surface area contributed by atoms with Crippen molar-refractivity contribution in [2.75, 3.05) is 13.2 Å². The zero-order valence-corrected chi connectivity index (χ0v) is 54.2. The van der Waals surface area contributed by atoms with Crippen LogP contribution in [0.4, 0.5) is 0 Å². The molecule has 0 radical (unpaired) electrons. The van der Waals surface area contributed by atoms with Crippen molar-refractivity contribution in [3.63, 3.8) is 0 Å². The van der Waals surface area contributed by atoms with Crippen molar-refractivity contribution in [1.29, 1.82) is 0 Å². The molecule has 0 aliphatic heterocycles. The smallest absolute Gasteiger partial charge is 0.306 e. The molecule has 0 fully saturated rings. The van der Waals surface area contributed by atoms with Crippen LogP contribution < -0.4 is 0 Å². The number of carbonyl (C=O) groups is 3. The Morgan fingerprint density at radius 3 is 0.744 bits per heavy atom. The van der Waals surface area contributed by atoms with Crippen LogP contribution in [0.5, 0.6) is 0 Å². The molecule has 0 spiro atoms. The van der Waals surface area contributed by atoms with Gasteiger partial charge in [0.25, 0.3) is 0 Å². The number of rotatable bonds is 64. The largest absolute Gasteiger partial charge is 0.462 e. The summed E-state index contributed by atoms with van der Waals surface area (Å²) < 4.78 is 17.0. The number of carbonyl (C=O) groups excluding carboxylic acids is 3. The third kappa shape index (κ3) is 67.1. The van der Waals surface area contributed by atoms with Gasteiger partial charge in [-0.25, -0.2) is 0 Å². The van der Waals surface area contributed by atoms with Gasteiger partial charge in [-0.05, 0) is 96.3 Å². The number of ether oxygens (including phenoxy) is 3. The Hall–Kier alpha value is -3.67. The fraction of sp³-hybridized carbons (Fsp3) is 0.750. The molecule has 1 unspecified atom stereocenters. The second kappa shape index (κ2) is 69.8. The molecule has 0 saturated carbocycles. The molecule has 0 saturated heterocycles. The van der Waals surface area contributed by atoms with E-state index < -0.39 is 6.10 Å². The second-order valence-corrected chi connectivity index (χ2v) is 23.4. The minimum Gasteiger partial charge on any atom is -0.462 e. The molecular weight excluding hydrogens is 1010 g/mol. The highest BCUT2D eigenvalue weighted by Crippen LogP contribution is 2.18. The van der Waals surface area contributed by atoms with Crippen molar-refractivity contribution in [3.8, 4) is 0 Å². The van der Waals surface area contributed by atoms with Crippen LogP contribution in [-0.4, -0.2) is 37.2 Å². The normalized spacial score (nSPS) is 12.7. The van der Waals surface area contributed by atoms with Crippen molar-refractivity contribution < 1.29 is 28.6 Å². The van der Waals surface area contributed by atoms with Crippen LogP contribution in [-0.2, 0) is 28.6 Å². The van der Waals surface area contributed by atoms with E-state index in [1.807, 2.05) is 0 Å². The van der Waals surface area contributed by atoms with E-state index in [0.29, 0.717) is 19.3 Å². The molecule has 1 atom stereocenters. The third-order valence-corrected chi connectivity index (χ3v) is 15.3. The van der Waals surface area contributed by atoms with E-state index >= 15 is 0 Å². The van der Waals surface area contributed by atoms with E-state index in [4.69, 9.17) is 14.2 Å². The Morgan fingerprint density at radius 2 is 0.476 bits per heavy atom. The Bertz CT molecular complexity index is 1590. The topological polar surface area (TPSA) is 78.9 Å². The quantitative estimate of drug-likeness (QED) is 0.0261. The summed E-state index contributed by atoms with van der Waals surface area (Å²) in [6.45, 7) is 6.45. The van der Waals surface area contributed by atoms with Gasteiger partial charge in [0, 0.05) is 19.3 Å². The van der Waals surface area contributed by atoms with Gasteiger partial charge < -0.3 is 14.2 Å². The van der Waals surface area contributed by atoms with E-state index in [2.05, 4.69) is 118 Å². The molecule has 0 aromatic carbocycles. The fourth-order valence-corrected chi connectivity index (χ4v) is 10.1. The molecule has 0 aromatic heterocycles. The van der Waals surface area contributed by atoms with Crippen LogP contribution in [0.2, 0.25) is 0 Å². The number of esters is 3. The molecule has 0 aliphatic rings. The predicted octanol–water partition coefficient (Wildman–Crippen LogP) is 24.4. The van der Waals surface area contributed by atoms with Crippen LogP contribution in [0, 0.1) is 0 Å². The summed E-state index contributed by atoms with van der Waals surface area (Å²) in [5.41, 5.74) is 0. The predicted molar refractivity (Wildman–Crippen MR) is 357 cm³/mol. The maximum Gasteiger partial charge on any atom is 0.306 e. The molecule has 0 bridgehead atoms. The van der Waals surface area contributed by atoms with Crippen LogP contribution in [0.15, 0.2) is 97.2 Å². The SMILES string of the molecule is CC/C=C\C/C=C\C/C=C\C/C=C\C/C=C\CCCCCCCCCCCCCCCCCCCC(=O)OCC(COC(=O)CCCCCCCCCCCCCCCC)OC(=O)CCCCCCCCC/C=C\C/C=C\C/C=C\CC. The Kier molecular flexibility index (Phi) is 66.7. The first-order chi connectivity index (χ1) is 40.5. The minimum atomic E-state index is -0.781. The summed E-state index contributed by atoms with van der Waals surface area (Å²) in [5, 5.41) is 0. The highest BCUT2D eigenvalue weighted by molar-refractivity contribution is 5.71. The summed E-state index contributed by atoms with van der Waals surface area (Å²) in [6, 6.07) is 0. The monoisotopic (exact) mass is 1140 g/mol. The van der Waals surface area contributed by atoms with Crippen molar-refractivity contribution in [2.45, 2.75) is 354 Å².